The van der Waals surface area contributed by atoms with E-state index in [4.69, 9.17) is 19.9 Å². The number of rotatable bonds is 5. The number of aliphatic hydroxyl groups is 1. The Balaban J connectivity index is 2.06. The molecule has 5 N–H and O–H groups in total. The molecule has 1 aliphatic heterocycles. The Morgan fingerprint density at radius 3 is 2.39 bits per heavy atom. The summed E-state index contributed by atoms with van der Waals surface area (Å²) in [5.41, 5.74) is 6.73. The molecule has 11 heteroatoms. The van der Waals surface area contributed by atoms with Crippen LogP contribution >= 0.6 is 0 Å². The number of fused-ring (bicyclic) bond motifs is 2. The van der Waals surface area contributed by atoms with Crippen molar-refractivity contribution in [3.05, 3.63) is 58.5 Å². The van der Waals surface area contributed by atoms with Gasteiger partial charge in [0.2, 0.25) is 11.6 Å². The first-order chi connectivity index (χ1) is 20.9. The maximum atomic E-state index is 13.8. The molecule has 0 spiro atoms. The van der Waals surface area contributed by atoms with Gasteiger partial charge in [0.1, 0.15) is 6.10 Å². The molecule has 0 saturated heterocycles. The quantitative estimate of drug-likeness (QED) is 0.269. The average molecular weight is 614 g/mol. The molecular weight excluding hydrogens is 566 g/mol. The number of Topliss-reactive ketones (excluding diaryl/α,β-unsaturated/α-hetero) is 1. The van der Waals surface area contributed by atoms with Crippen LogP contribution in [0.4, 0.5) is 4.79 Å². The van der Waals surface area contributed by atoms with E-state index >= 15 is 0 Å². The van der Waals surface area contributed by atoms with Crippen LogP contribution in [0.25, 0.3) is 0 Å². The predicted molar refractivity (Wildman–Crippen MR) is 165 cm³/mol. The van der Waals surface area contributed by atoms with E-state index in [1.54, 1.807) is 32.1 Å². The number of carbonyl (C=O) groups is 4. The van der Waals surface area contributed by atoms with E-state index in [0.717, 1.165) is 25.7 Å². The smallest absolute Gasteiger partial charge is 0.405 e. The number of aliphatic hydroxyl groups excluding tert-OH is 1. The number of nitrogens with one attached hydrogen (secondary N) is 2. The third kappa shape index (κ3) is 8.99. The van der Waals surface area contributed by atoms with Gasteiger partial charge in [0.25, 0.3) is 5.91 Å². The van der Waals surface area contributed by atoms with Gasteiger partial charge in [0.05, 0.1) is 23.6 Å². The SMILES string of the molecule is CO[C@H]1/C=C/C=C(/C)C(=O)NC2=CC(=O)C(NC3CCCC3)=C(C[C@@H](C)C[C@H](OC)[C@H](O)[C@@H](C)/C=C(\C)[C@@H]1OC(N)=O)C2=O. The molecule has 11 nitrogen and oxygen atoms in total. The van der Waals surface area contributed by atoms with Crippen molar-refractivity contribution < 1.29 is 38.5 Å². The van der Waals surface area contributed by atoms with Gasteiger partial charge < -0.3 is 35.7 Å². The minimum Gasteiger partial charge on any atom is -0.439 e. The number of hydrogen-bond donors (Lipinski definition) is 4. The molecule has 1 fully saturated rings. The number of allylic oxidation sites excluding steroid dienone is 4. The minimum absolute atomic E-state index is 0.0877. The first-order valence-corrected chi connectivity index (χ1v) is 15.2. The van der Waals surface area contributed by atoms with Crippen LogP contribution in [0.1, 0.15) is 66.2 Å². The molecule has 2 bridgehead atoms. The van der Waals surface area contributed by atoms with E-state index in [0.29, 0.717) is 17.6 Å². The van der Waals surface area contributed by atoms with Gasteiger partial charge >= 0.3 is 6.09 Å². The number of nitrogens with two attached hydrogens (primary N) is 1. The molecule has 6 atom stereocenters. The number of ether oxygens (including phenoxy) is 3. The minimum atomic E-state index is -0.991. The molecule has 1 saturated carbocycles. The zero-order chi connectivity index (χ0) is 32.6. The molecule has 1 heterocycles. The van der Waals surface area contributed by atoms with Gasteiger partial charge in [-0.25, -0.2) is 4.79 Å². The van der Waals surface area contributed by atoms with Gasteiger partial charge in [0, 0.05) is 43.4 Å². The fourth-order valence-corrected chi connectivity index (χ4v) is 6.02. The normalized spacial score (nSPS) is 33.1. The van der Waals surface area contributed by atoms with Crippen molar-refractivity contribution in [3.63, 3.8) is 0 Å². The summed E-state index contributed by atoms with van der Waals surface area (Å²) >= 11 is 0. The molecule has 0 aromatic carbocycles. The Bertz CT molecular complexity index is 1260. The van der Waals surface area contributed by atoms with Crippen molar-refractivity contribution in [1.82, 2.24) is 10.6 Å². The summed E-state index contributed by atoms with van der Waals surface area (Å²) in [6.07, 6.45) is 7.99. The summed E-state index contributed by atoms with van der Waals surface area (Å²) in [5, 5.41) is 17.3. The van der Waals surface area contributed by atoms with Crippen LogP contribution in [0.3, 0.4) is 0 Å². The molecular formula is C33H47N3O8. The number of ketones is 2. The Kier molecular flexibility index (Phi) is 12.7. The maximum absolute atomic E-state index is 13.8. The molecule has 0 radical (unpaired) electrons. The fourth-order valence-electron chi connectivity index (χ4n) is 6.02. The van der Waals surface area contributed by atoms with Crippen LogP contribution in [-0.4, -0.2) is 73.4 Å². The van der Waals surface area contributed by atoms with Crippen molar-refractivity contribution in [1.29, 1.82) is 0 Å². The van der Waals surface area contributed by atoms with Crippen molar-refractivity contribution in [2.45, 2.75) is 96.7 Å². The van der Waals surface area contributed by atoms with Crippen LogP contribution in [0.15, 0.2) is 58.5 Å². The molecule has 3 aliphatic rings. The largest absolute Gasteiger partial charge is 0.439 e. The van der Waals surface area contributed by atoms with Crippen molar-refractivity contribution in [3.8, 4) is 0 Å². The lowest BCUT2D eigenvalue weighted by Gasteiger charge is -2.30. The van der Waals surface area contributed by atoms with Crippen LogP contribution in [0.2, 0.25) is 0 Å². The molecule has 0 aromatic rings. The van der Waals surface area contributed by atoms with E-state index in [2.05, 4.69) is 10.6 Å². The van der Waals surface area contributed by atoms with E-state index in [1.165, 1.54) is 26.4 Å². The summed E-state index contributed by atoms with van der Waals surface area (Å²) in [4.78, 5) is 52.0. The third-order valence-corrected chi connectivity index (χ3v) is 8.50. The van der Waals surface area contributed by atoms with Gasteiger partial charge in [-0.3, -0.25) is 14.4 Å². The number of amides is 2. The van der Waals surface area contributed by atoms with Crippen molar-refractivity contribution >= 4 is 23.6 Å². The topological polar surface area (TPSA) is 166 Å². The molecule has 2 aliphatic carbocycles. The zero-order valence-electron chi connectivity index (χ0n) is 26.6. The highest BCUT2D eigenvalue weighted by atomic mass is 16.6. The highest BCUT2D eigenvalue weighted by Gasteiger charge is 2.34. The van der Waals surface area contributed by atoms with Crippen LogP contribution < -0.4 is 16.4 Å². The monoisotopic (exact) mass is 613 g/mol. The summed E-state index contributed by atoms with van der Waals surface area (Å²) in [5.74, 6) is -1.93. The van der Waals surface area contributed by atoms with Gasteiger partial charge in [-0.15, -0.1) is 0 Å². The van der Waals surface area contributed by atoms with Crippen LogP contribution in [-0.2, 0) is 28.6 Å². The lowest BCUT2D eigenvalue weighted by molar-refractivity contribution is -0.120. The molecule has 0 unspecified atom stereocenters. The summed E-state index contributed by atoms with van der Waals surface area (Å²) in [6.45, 7) is 7.07. The molecule has 2 amide bonds. The second-order valence-electron chi connectivity index (χ2n) is 12.1. The molecule has 44 heavy (non-hydrogen) atoms. The second kappa shape index (κ2) is 16.0. The number of hydrogen-bond acceptors (Lipinski definition) is 9. The Morgan fingerprint density at radius 1 is 1.09 bits per heavy atom. The highest BCUT2D eigenvalue weighted by Crippen LogP contribution is 2.30. The lowest BCUT2D eigenvalue weighted by Crippen LogP contribution is -2.39. The van der Waals surface area contributed by atoms with Crippen molar-refractivity contribution in [2.75, 3.05) is 14.2 Å². The fraction of sp³-hybridized carbons (Fsp3) is 0.576. The van der Waals surface area contributed by atoms with Gasteiger partial charge in [0.15, 0.2) is 6.10 Å². The first-order valence-electron chi connectivity index (χ1n) is 15.2. The van der Waals surface area contributed by atoms with Gasteiger partial charge in [-0.05, 0) is 51.0 Å². The number of methoxy groups -OCH3 is 2. The summed E-state index contributed by atoms with van der Waals surface area (Å²) in [6, 6.07) is 0.103. The second-order valence-corrected chi connectivity index (χ2v) is 12.1. The van der Waals surface area contributed by atoms with Crippen LogP contribution in [0.5, 0.6) is 0 Å². The van der Waals surface area contributed by atoms with E-state index < -0.39 is 48.1 Å². The summed E-state index contributed by atoms with van der Waals surface area (Å²) in [7, 11) is 2.95. The number of primary amides is 1. The first kappa shape index (κ1) is 34.9. The maximum Gasteiger partial charge on any atom is 0.405 e. The van der Waals surface area contributed by atoms with E-state index in [-0.39, 0.29) is 41.1 Å². The summed E-state index contributed by atoms with van der Waals surface area (Å²) < 4.78 is 16.7. The molecule has 242 valence electrons. The third-order valence-electron chi connectivity index (χ3n) is 8.50. The van der Waals surface area contributed by atoms with Gasteiger partial charge in [-0.1, -0.05) is 51.0 Å². The Hall–Kier alpha value is -3.54. The van der Waals surface area contributed by atoms with E-state index in [1.807, 2.05) is 13.8 Å². The Labute approximate surface area is 259 Å². The highest BCUT2D eigenvalue weighted by molar-refractivity contribution is 6.23. The lowest BCUT2D eigenvalue weighted by atomic mass is 9.85. The number of carbonyl (C=O) groups excluding carboxylic acids is 4. The molecule has 0 aromatic heterocycles. The van der Waals surface area contributed by atoms with E-state index in [9.17, 15) is 24.3 Å². The molecule has 3 rings (SSSR count). The zero-order valence-corrected chi connectivity index (χ0v) is 26.6. The van der Waals surface area contributed by atoms with Crippen molar-refractivity contribution in [2.24, 2.45) is 17.6 Å². The van der Waals surface area contributed by atoms with Gasteiger partial charge in [-0.2, -0.15) is 0 Å². The Morgan fingerprint density at radius 2 is 1.77 bits per heavy atom. The average Bonchev–Trinajstić information content (AvgIpc) is 3.49. The standard InChI is InChI=1S/C33H47N3O8/c1-18-14-23-28(35-22-11-7-8-12-22)25(37)17-24(30(23)39)36-32(40)19(2)10-9-13-26(42-5)31(44-33(34)41)21(4)16-20(3)29(38)27(15-18)43-6/h9-10,13,16-18,20,22,26-27,29,31,35,38H,7-8,11-12,14-15H2,1-6H3,(H2,34,41)(H,36,40)/b13-9+,19-10-,21-16+/t18-,20+,26+,27+,29-,31+/m1/s1. The van der Waals surface area contributed by atoms with Crippen LogP contribution in [0, 0.1) is 11.8 Å². The predicted octanol–water partition coefficient (Wildman–Crippen LogP) is 3.29.